The molecule has 8 nitrogen and oxygen atoms in total. The molecule has 0 spiro atoms. The van der Waals surface area contributed by atoms with Gasteiger partial charge in [0.1, 0.15) is 5.76 Å². The number of nitrogens with zero attached hydrogens (tertiary/aromatic N) is 1. The number of amides is 2. The van der Waals surface area contributed by atoms with Crippen LogP contribution in [-0.4, -0.2) is 44.6 Å². The number of nitrogens with one attached hydrogen (secondary N) is 1. The lowest BCUT2D eigenvalue weighted by atomic mass is 9.69. The molecule has 7 atom stereocenters. The average Bonchev–Trinajstić information content (AvgIpc) is 3.51. The summed E-state index contributed by atoms with van der Waals surface area (Å²) in [6.45, 7) is 0.168. The molecule has 0 unspecified atom stereocenters. The van der Waals surface area contributed by atoms with Crippen LogP contribution >= 0.6 is 23.1 Å². The van der Waals surface area contributed by atoms with Crippen molar-refractivity contribution in [2.24, 2.45) is 29.6 Å². The van der Waals surface area contributed by atoms with E-state index in [1.54, 1.807) is 18.0 Å². The number of H-pyrrole nitrogens is 1. The Morgan fingerprint density at radius 2 is 2.00 bits per heavy atom. The minimum atomic E-state index is -0.928. The number of hydrogen-bond acceptors (Lipinski definition) is 7. The molecule has 0 aromatic carbocycles. The molecule has 162 valence electrons. The first kappa shape index (κ1) is 19.4. The Hall–Kier alpha value is -2.33. The highest BCUT2D eigenvalue weighted by molar-refractivity contribution is 8.00. The van der Waals surface area contributed by atoms with Crippen molar-refractivity contribution >= 4 is 40.9 Å². The minimum Gasteiger partial charge on any atom is -0.481 e. The van der Waals surface area contributed by atoms with Gasteiger partial charge in [-0.05, 0) is 42.7 Å². The van der Waals surface area contributed by atoms with E-state index in [1.807, 2.05) is 12.1 Å². The standard InChI is InChI=1S/C21H20N2O6S2/c24-11(25)4-1-5-23-19(26)13-8-7-9(14(13)20(23)27)16-12(8)15(10-3-2-6-29-10)17-18(30-16)22-21(28)31-17/h2-3,6,8-9,12-16H,1,4-5,7H2,(H,22,28)(H,24,25)/t8-,9-,12+,13+,14-,15-,16+/m1/s1. The van der Waals surface area contributed by atoms with Crippen LogP contribution in [0.2, 0.25) is 0 Å². The second-order valence-corrected chi connectivity index (χ2v) is 11.0. The van der Waals surface area contributed by atoms with Crippen LogP contribution in [0.5, 0.6) is 0 Å². The highest BCUT2D eigenvalue weighted by Crippen LogP contribution is 2.68. The number of furan rings is 1. The molecule has 2 aromatic heterocycles. The molecule has 6 rings (SSSR count). The highest BCUT2D eigenvalue weighted by Gasteiger charge is 2.69. The van der Waals surface area contributed by atoms with Crippen molar-refractivity contribution in [3.05, 3.63) is 38.7 Å². The van der Waals surface area contributed by atoms with E-state index in [4.69, 9.17) is 9.52 Å². The minimum absolute atomic E-state index is 0.0499. The summed E-state index contributed by atoms with van der Waals surface area (Å²) in [7, 11) is 0. The van der Waals surface area contributed by atoms with Crippen molar-refractivity contribution in [1.29, 1.82) is 0 Å². The number of thioether (sulfide) groups is 1. The maximum Gasteiger partial charge on any atom is 0.305 e. The Bertz CT molecular complexity index is 1140. The first-order valence-electron chi connectivity index (χ1n) is 10.5. The van der Waals surface area contributed by atoms with Crippen molar-refractivity contribution in [1.82, 2.24) is 9.88 Å². The molecular weight excluding hydrogens is 440 g/mol. The summed E-state index contributed by atoms with van der Waals surface area (Å²) in [4.78, 5) is 54.5. The van der Waals surface area contributed by atoms with Crippen molar-refractivity contribution < 1.29 is 23.9 Å². The molecular formula is C21H20N2O6S2. The van der Waals surface area contributed by atoms with E-state index in [0.29, 0.717) is 0 Å². The molecule has 0 radical (unpaired) electrons. The molecule has 3 fully saturated rings. The van der Waals surface area contributed by atoms with Gasteiger partial charge in [0.2, 0.25) is 11.8 Å². The summed E-state index contributed by atoms with van der Waals surface area (Å²) in [5.41, 5.74) is 0. The first-order chi connectivity index (χ1) is 15.0. The van der Waals surface area contributed by atoms with Gasteiger partial charge in [-0.25, -0.2) is 0 Å². The predicted octanol–water partition coefficient (Wildman–Crippen LogP) is 2.37. The number of imide groups is 1. The third-order valence-electron chi connectivity index (χ3n) is 7.44. The van der Waals surface area contributed by atoms with Gasteiger partial charge in [0.15, 0.2) is 0 Å². The van der Waals surface area contributed by atoms with E-state index < -0.39 is 5.97 Å². The summed E-state index contributed by atoms with van der Waals surface area (Å²) in [5.74, 6) is -0.965. The molecule has 10 heteroatoms. The lowest BCUT2D eigenvalue weighted by Crippen LogP contribution is -2.42. The number of fused-ring (bicyclic) bond motifs is 9. The van der Waals surface area contributed by atoms with Crippen LogP contribution in [0.3, 0.4) is 0 Å². The van der Waals surface area contributed by atoms with E-state index in [-0.39, 0.29) is 76.8 Å². The molecule has 2 amide bonds. The Kier molecular flexibility index (Phi) is 4.27. The van der Waals surface area contributed by atoms with Crippen LogP contribution in [0.4, 0.5) is 0 Å². The van der Waals surface area contributed by atoms with Crippen molar-refractivity contribution in [3.8, 4) is 0 Å². The van der Waals surface area contributed by atoms with Gasteiger partial charge in [-0.15, -0.1) is 11.8 Å². The fraction of sp³-hybridized carbons (Fsp3) is 0.524. The monoisotopic (exact) mass is 460 g/mol. The van der Waals surface area contributed by atoms with Gasteiger partial charge in [-0.1, -0.05) is 11.3 Å². The third kappa shape index (κ3) is 2.67. The largest absolute Gasteiger partial charge is 0.481 e. The average molecular weight is 461 g/mol. The molecule has 2 saturated carbocycles. The van der Waals surface area contributed by atoms with Crippen LogP contribution in [-0.2, 0) is 14.4 Å². The summed E-state index contributed by atoms with van der Waals surface area (Å²) in [6.07, 6.45) is 2.67. The van der Waals surface area contributed by atoms with Gasteiger partial charge < -0.3 is 14.5 Å². The normalized spacial score (nSPS) is 35.4. The number of hydrogen-bond donors (Lipinski definition) is 2. The van der Waals surface area contributed by atoms with Crippen LogP contribution in [0, 0.1) is 29.6 Å². The number of rotatable bonds is 5. The number of carboxylic acid groups (broad SMARTS) is 1. The Labute approximate surface area is 185 Å². The lowest BCUT2D eigenvalue weighted by molar-refractivity contribution is -0.142. The molecule has 2 N–H and O–H groups in total. The molecule has 2 aliphatic heterocycles. The zero-order valence-electron chi connectivity index (χ0n) is 16.4. The number of carbonyl (C=O) groups is 3. The third-order valence-corrected chi connectivity index (χ3v) is 10.0. The lowest BCUT2D eigenvalue weighted by Gasteiger charge is -2.42. The van der Waals surface area contributed by atoms with Crippen molar-refractivity contribution in [3.63, 3.8) is 0 Å². The van der Waals surface area contributed by atoms with E-state index in [2.05, 4.69) is 4.98 Å². The maximum atomic E-state index is 13.3. The molecule has 2 aliphatic carbocycles. The molecule has 31 heavy (non-hydrogen) atoms. The van der Waals surface area contributed by atoms with Crippen LogP contribution in [0.25, 0.3) is 0 Å². The Balaban J connectivity index is 1.36. The van der Waals surface area contributed by atoms with Crippen molar-refractivity contribution in [2.45, 2.75) is 35.5 Å². The zero-order chi connectivity index (χ0) is 21.4. The fourth-order valence-electron chi connectivity index (χ4n) is 6.47. The number of carbonyl (C=O) groups excluding carboxylic acids is 2. The number of carboxylic acids is 1. The van der Waals surface area contributed by atoms with E-state index >= 15 is 0 Å². The zero-order valence-corrected chi connectivity index (χ0v) is 18.0. The number of aromatic nitrogens is 1. The van der Waals surface area contributed by atoms with Gasteiger partial charge in [0, 0.05) is 18.2 Å². The van der Waals surface area contributed by atoms with Crippen LogP contribution in [0.1, 0.15) is 35.8 Å². The molecule has 2 aromatic rings. The van der Waals surface area contributed by atoms with Crippen LogP contribution in [0.15, 0.2) is 32.6 Å². The number of likely N-dealkylation sites (tertiary alicyclic amines) is 1. The second-order valence-electron chi connectivity index (χ2n) is 8.80. The molecule has 2 bridgehead atoms. The van der Waals surface area contributed by atoms with Crippen LogP contribution < -0.4 is 4.87 Å². The van der Waals surface area contributed by atoms with Gasteiger partial charge in [-0.2, -0.15) is 0 Å². The van der Waals surface area contributed by atoms with Gasteiger partial charge in [0.25, 0.3) is 0 Å². The topological polar surface area (TPSA) is 121 Å². The molecule has 4 aliphatic rings. The van der Waals surface area contributed by atoms with Crippen molar-refractivity contribution in [2.75, 3.05) is 6.54 Å². The molecule has 4 heterocycles. The van der Waals surface area contributed by atoms with Gasteiger partial charge in [0.05, 0.1) is 33.9 Å². The van der Waals surface area contributed by atoms with E-state index in [9.17, 15) is 19.2 Å². The summed E-state index contributed by atoms with van der Waals surface area (Å²) in [6, 6.07) is 3.76. The second kappa shape index (κ2) is 6.83. The highest BCUT2D eigenvalue weighted by atomic mass is 32.2. The molecule has 1 saturated heterocycles. The summed E-state index contributed by atoms with van der Waals surface area (Å²) < 4.78 is 5.77. The Morgan fingerprint density at radius 1 is 1.23 bits per heavy atom. The van der Waals surface area contributed by atoms with E-state index in [1.165, 1.54) is 16.2 Å². The summed E-state index contributed by atoms with van der Waals surface area (Å²) >= 11 is 2.85. The first-order valence-corrected chi connectivity index (χ1v) is 12.2. The SMILES string of the molecule is O=C(O)CCCN1C(=O)[C@@H]2[C@H]3C[C@@H]([C@@H]2C1=O)[C@H]1[C@@H](c2ccco2)c2sc(=O)[nH]c2S[C@@H]31. The quantitative estimate of drug-likeness (QED) is 0.657. The number of thiazole rings is 1. The smallest absolute Gasteiger partial charge is 0.305 e. The maximum absolute atomic E-state index is 13.3. The number of aliphatic carboxylic acids is 1. The number of aromatic amines is 1. The summed E-state index contributed by atoms with van der Waals surface area (Å²) in [5, 5.41) is 9.89. The van der Waals surface area contributed by atoms with Gasteiger partial charge >= 0.3 is 10.8 Å². The van der Waals surface area contributed by atoms with Gasteiger partial charge in [-0.3, -0.25) is 24.1 Å². The fourth-order valence-corrected chi connectivity index (χ4v) is 9.34. The Morgan fingerprint density at radius 3 is 2.71 bits per heavy atom. The predicted molar refractivity (Wildman–Crippen MR) is 111 cm³/mol. The van der Waals surface area contributed by atoms with E-state index in [0.717, 1.165) is 22.1 Å².